The number of imidazole rings is 1. The van der Waals surface area contributed by atoms with Gasteiger partial charge in [0.1, 0.15) is 17.8 Å². The van der Waals surface area contributed by atoms with Crippen LogP contribution in [-0.2, 0) is 13.0 Å². The minimum absolute atomic E-state index is 0.674. The normalized spacial score (nSPS) is 11.0. The Labute approximate surface area is 192 Å². The van der Waals surface area contributed by atoms with Gasteiger partial charge in [0.25, 0.3) is 0 Å². The van der Waals surface area contributed by atoms with Crippen LogP contribution in [0, 0.1) is 0 Å². The van der Waals surface area contributed by atoms with Gasteiger partial charge in [-0.1, -0.05) is 30.3 Å². The maximum Gasteiger partial charge on any atom is 0.128 e. The number of para-hydroxylation sites is 3. The second-order valence-corrected chi connectivity index (χ2v) is 7.78. The van der Waals surface area contributed by atoms with Gasteiger partial charge in [-0.25, -0.2) is 15.0 Å². The summed E-state index contributed by atoms with van der Waals surface area (Å²) in [7, 11) is 3.37. The van der Waals surface area contributed by atoms with Crippen molar-refractivity contribution in [1.82, 2.24) is 19.5 Å². The number of aromatic nitrogens is 4. The van der Waals surface area contributed by atoms with Crippen molar-refractivity contribution in [1.29, 1.82) is 0 Å². The monoisotopic (exact) mass is 436 g/mol. The van der Waals surface area contributed by atoms with Crippen LogP contribution in [0.4, 0.5) is 0 Å². The lowest BCUT2D eigenvalue weighted by Gasteiger charge is -2.13. The van der Waals surface area contributed by atoms with Crippen molar-refractivity contribution in [2.75, 3.05) is 14.2 Å². The van der Waals surface area contributed by atoms with Crippen molar-refractivity contribution >= 4 is 11.0 Å². The summed E-state index contributed by atoms with van der Waals surface area (Å²) in [4.78, 5) is 13.5. The largest absolute Gasteiger partial charge is 0.496 e. The molecule has 0 N–H and O–H groups in total. The molecule has 5 rings (SSSR count). The molecule has 0 atom stereocenters. The summed E-state index contributed by atoms with van der Waals surface area (Å²) in [6.45, 7) is 0.674. The fourth-order valence-corrected chi connectivity index (χ4v) is 4.09. The predicted octanol–water partition coefficient (Wildman–Crippen LogP) is 5.15. The molecule has 0 bridgehead atoms. The van der Waals surface area contributed by atoms with E-state index >= 15 is 0 Å². The van der Waals surface area contributed by atoms with Crippen molar-refractivity contribution in [3.05, 3.63) is 102 Å². The number of hydrogen-bond donors (Lipinski definition) is 0. The van der Waals surface area contributed by atoms with Crippen molar-refractivity contribution in [2.24, 2.45) is 0 Å². The average Bonchev–Trinajstić information content (AvgIpc) is 3.27. The molecule has 0 saturated carbocycles. The van der Waals surface area contributed by atoms with Crippen molar-refractivity contribution in [2.45, 2.75) is 13.0 Å². The zero-order valence-corrected chi connectivity index (χ0v) is 18.6. The number of fused-ring (bicyclic) bond motifs is 1. The molecule has 3 aromatic carbocycles. The Balaban J connectivity index is 1.44. The molecular formula is C27H24N4O2. The minimum Gasteiger partial charge on any atom is -0.496 e. The number of ether oxygens (including phenoxy) is 2. The van der Waals surface area contributed by atoms with E-state index in [1.807, 2.05) is 60.9 Å². The van der Waals surface area contributed by atoms with Gasteiger partial charge >= 0.3 is 0 Å². The van der Waals surface area contributed by atoms with E-state index in [1.54, 1.807) is 20.5 Å². The first-order valence-electron chi connectivity index (χ1n) is 10.7. The van der Waals surface area contributed by atoms with Crippen LogP contribution in [0.25, 0.3) is 22.3 Å². The van der Waals surface area contributed by atoms with Gasteiger partial charge in [0.2, 0.25) is 0 Å². The molecule has 0 amide bonds. The van der Waals surface area contributed by atoms with E-state index in [0.717, 1.165) is 50.6 Å². The minimum atomic E-state index is 0.674. The molecule has 0 fully saturated rings. The highest BCUT2D eigenvalue weighted by Crippen LogP contribution is 2.29. The molecule has 2 heterocycles. The molecule has 0 aliphatic carbocycles. The van der Waals surface area contributed by atoms with E-state index in [2.05, 4.69) is 37.7 Å². The molecule has 0 saturated heterocycles. The topological polar surface area (TPSA) is 62.1 Å². The number of benzene rings is 3. The van der Waals surface area contributed by atoms with Crippen LogP contribution < -0.4 is 9.47 Å². The summed E-state index contributed by atoms with van der Waals surface area (Å²) < 4.78 is 13.3. The van der Waals surface area contributed by atoms with Crippen LogP contribution in [0.15, 0.2) is 85.5 Å². The van der Waals surface area contributed by atoms with Crippen molar-refractivity contribution in [3.63, 3.8) is 0 Å². The van der Waals surface area contributed by atoms with Crippen LogP contribution in [-0.4, -0.2) is 33.7 Å². The van der Waals surface area contributed by atoms with Gasteiger partial charge in [0, 0.05) is 23.2 Å². The predicted molar refractivity (Wildman–Crippen MR) is 129 cm³/mol. The van der Waals surface area contributed by atoms with E-state index in [1.165, 1.54) is 0 Å². The smallest absolute Gasteiger partial charge is 0.128 e. The van der Waals surface area contributed by atoms with E-state index in [9.17, 15) is 0 Å². The quantitative estimate of drug-likeness (QED) is 0.353. The van der Waals surface area contributed by atoms with Gasteiger partial charge in [-0.2, -0.15) is 0 Å². The highest BCUT2D eigenvalue weighted by molar-refractivity contribution is 5.75. The van der Waals surface area contributed by atoms with E-state index in [0.29, 0.717) is 13.0 Å². The van der Waals surface area contributed by atoms with Crippen molar-refractivity contribution < 1.29 is 9.47 Å². The van der Waals surface area contributed by atoms with E-state index < -0.39 is 0 Å². The van der Waals surface area contributed by atoms with Gasteiger partial charge in [-0.3, -0.25) is 0 Å². The van der Waals surface area contributed by atoms with Crippen LogP contribution in [0.5, 0.6) is 11.5 Å². The molecule has 6 nitrogen and oxygen atoms in total. The molecule has 5 aromatic rings. The van der Waals surface area contributed by atoms with Crippen LogP contribution in [0.2, 0.25) is 0 Å². The van der Waals surface area contributed by atoms with Gasteiger partial charge in [0.05, 0.1) is 43.8 Å². The van der Waals surface area contributed by atoms with Gasteiger partial charge in [-0.15, -0.1) is 0 Å². The number of nitrogens with zero attached hydrogens (tertiary/aromatic N) is 4. The molecule has 0 spiro atoms. The summed E-state index contributed by atoms with van der Waals surface area (Å²) >= 11 is 0. The third kappa shape index (κ3) is 4.28. The van der Waals surface area contributed by atoms with E-state index in [-0.39, 0.29) is 0 Å². The molecule has 0 radical (unpaired) electrons. The molecule has 0 unspecified atom stereocenters. The van der Waals surface area contributed by atoms with E-state index in [4.69, 9.17) is 9.47 Å². The molecule has 33 heavy (non-hydrogen) atoms. The zero-order chi connectivity index (χ0) is 22.6. The summed E-state index contributed by atoms with van der Waals surface area (Å²) in [6, 6.07) is 24.3. The number of hydrogen-bond acceptors (Lipinski definition) is 5. The summed E-state index contributed by atoms with van der Waals surface area (Å²) in [5, 5.41) is 0. The molecule has 2 aromatic heterocycles. The first-order valence-corrected chi connectivity index (χ1v) is 10.7. The molecule has 0 aliphatic rings. The Morgan fingerprint density at radius 3 is 2.48 bits per heavy atom. The highest BCUT2D eigenvalue weighted by atomic mass is 16.5. The Hall–Kier alpha value is -4.19. The van der Waals surface area contributed by atoms with Crippen LogP contribution >= 0.6 is 0 Å². The fraction of sp³-hybridized carbons (Fsp3) is 0.148. The average molecular weight is 437 g/mol. The summed E-state index contributed by atoms with van der Waals surface area (Å²) in [5.74, 6) is 1.65. The fourth-order valence-electron chi connectivity index (χ4n) is 4.09. The second-order valence-electron chi connectivity index (χ2n) is 7.78. The molecular weight excluding hydrogens is 412 g/mol. The standard InChI is InChI=1S/C27H24N4O2/c1-32-26-12-11-19(13-20(26)16-31-18-30-23-8-4-5-9-25(23)31)14-21-15-24(29-17-28-21)22-7-3-6-10-27(22)33-2/h3-13,15,17-18H,14,16H2,1-2H3. The third-order valence-electron chi connectivity index (χ3n) is 5.70. The lowest BCUT2D eigenvalue weighted by Crippen LogP contribution is -2.03. The molecule has 0 aliphatic heterocycles. The lowest BCUT2D eigenvalue weighted by atomic mass is 10.0. The van der Waals surface area contributed by atoms with Crippen LogP contribution in [0.3, 0.4) is 0 Å². The first-order chi connectivity index (χ1) is 16.2. The second kappa shape index (κ2) is 9.12. The first kappa shape index (κ1) is 20.7. The molecule has 6 heteroatoms. The number of methoxy groups -OCH3 is 2. The zero-order valence-electron chi connectivity index (χ0n) is 18.6. The Morgan fingerprint density at radius 2 is 1.61 bits per heavy atom. The van der Waals surface area contributed by atoms with Gasteiger partial charge < -0.3 is 14.0 Å². The Kier molecular flexibility index (Phi) is 5.72. The SMILES string of the molecule is COc1ccc(Cc2cc(-c3ccccc3OC)ncn2)cc1Cn1cnc2ccccc21. The highest BCUT2D eigenvalue weighted by Gasteiger charge is 2.11. The Morgan fingerprint density at radius 1 is 0.788 bits per heavy atom. The number of rotatable bonds is 7. The maximum absolute atomic E-state index is 5.64. The maximum atomic E-state index is 5.64. The van der Waals surface area contributed by atoms with Gasteiger partial charge in [0.15, 0.2) is 0 Å². The van der Waals surface area contributed by atoms with Crippen LogP contribution in [0.1, 0.15) is 16.8 Å². The molecule has 164 valence electrons. The Bertz CT molecular complexity index is 1410. The third-order valence-corrected chi connectivity index (χ3v) is 5.70. The summed E-state index contributed by atoms with van der Waals surface area (Å²) in [6.07, 6.45) is 4.17. The lowest BCUT2D eigenvalue weighted by molar-refractivity contribution is 0.408. The van der Waals surface area contributed by atoms with Crippen molar-refractivity contribution in [3.8, 4) is 22.8 Å². The van der Waals surface area contributed by atoms with Gasteiger partial charge in [-0.05, 0) is 48.0 Å². The summed E-state index contributed by atoms with van der Waals surface area (Å²) in [5.41, 5.74) is 7.06.